The highest BCUT2D eigenvalue weighted by Crippen LogP contribution is 2.11. The van der Waals surface area contributed by atoms with Crippen LogP contribution in [0.1, 0.15) is 39.9 Å². The maximum absolute atomic E-state index is 13.5. The third kappa shape index (κ3) is 5.65. The van der Waals surface area contributed by atoms with Crippen molar-refractivity contribution in [1.29, 1.82) is 0 Å². The molecule has 2 aromatic carbocycles. The van der Waals surface area contributed by atoms with Gasteiger partial charge in [0.05, 0.1) is 5.56 Å². The number of hydrogen-bond acceptors (Lipinski definition) is 2. The monoisotopic (exact) mass is 360 g/mol. The van der Waals surface area contributed by atoms with E-state index in [-0.39, 0.29) is 24.4 Å². The van der Waals surface area contributed by atoms with E-state index < -0.39 is 17.5 Å². The maximum Gasteiger partial charge on any atom is 0.254 e. The lowest BCUT2D eigenvalue weighted by molar-refractivity contribution is -0.121. The molecule has 0 unspecified atom stereocenters. The van der Waals surface area contributed by atoms with Crippen LogP contribution in [0.2, 0.25) is 0 Å². The molecule has 0 aromatic heterocycles. The summed E-state index contributed by atoms with van der Waals surface area (Å²) in [4.78, 5) is 23.7. The molecule has 138 valence electrons. The summed E-state index contributed by atoms with van der Waals surface area (Å²) >= 11 is 0. The van der Waals surface area contributed by atoms with Gasteiger partial charge in [-0.2, -0.15) is 0 Å². The first-order valence-electron chi connectivity index (χ1n) is 8.43. The standard InChI is InChI=1S/C20H22F2N2O2/c1-13-5-6-15(14(2)10-13)12-24-19(25)4-3-9-23-20(26)17-8-7-16(21)11-18(17)22/h5-8,10-11H,3-4,9,12H2,1-2H3,(H,23,26)(H,24,25). The fraction of sp³-hybridized carbons (Fsp3) is 0.300. The van der Waals surface area contributed by atoms with Crippen LogP contribution < -0.4 is 10.6 Å². The van der Waals surface area contributed by atoms with Crippen molar-refractivity contribution in [3.63, 3.8) is 0 Å². The summed E-state index contributed by atoms with van der Waals surface area (Å²) in [5.74, 6) is -2.39. The van der Waals surface area contributed by atoms with E-state index in [0.29, 0.717) is 19.0 Å². The van der Waals surface area contributed by atoms with Crippen LogP contribution >= 0.6 is 0 Å². The SMILES string of the molecule is Cc1ccc(CNC(=O)CCCNC(=O)c2ccc(F)cc2F)c(C)c1. The summed E-state index contributed by atoms with van der Waals surface area (Å²) < 4.78 is 26.3. The molecule has 0 aliphatic rings. The summed E-state index contributed by atoms with van der Waals surface area (Å²) in [5.41, 5.74) is 3.14. The largest absolute Gasteiger partial charge is 0.352 e. The number of halogens is 2. The van der Waals surface area contributed by atoms with Crippen LogP contribution in [0.3, 0.4) is 0 Å². The highest BCUT2D eigenvalue weighted by molar-refractivity contribution is 5.94. The lowest BCUT2D eigenvalue weighted by atomic mass is 10.1. The fourth-order valence-electron chi connectivity index (χ4n) is 2.55. The topological polar surface area (TPSA) is 58.2 Å². The van der Waals surface area contributed by atoms with Crippen molar-refractivity contribution in [2.24, 2.45) is 0 Å². The Morgan fingerprint density at radius 2 is 1.77 bits per heavy atom. The Bertz CT molecular complexity index is 806. The predicted octanol–water partition coefficient (Wildman–Crippen LogP) is 3.41. The Kier molecular flexibility index (Phi) is 6.83. The lowest BCUT2D eigenvalue weighted by Crippen LogP contribution is -2.28. The first-order valence-corrected chi connectivity index (χ1v) is 8.43. The summed E-state index contributed by atoms with van der Waals surface area (Å²) in [7, 11) is 0. The van der Waals surface area contributed by atoms with Gasteiger partial charge in [-0.05, 0) is 43.5 Å². The predicted molar refractivity (Wildman–Crippen MR) is 95.7 cm³/mol. The summed E-state index contributed by atoms with van der Waals surface area (Å²) in [6, 6.07) is 8.83. The van der Waals surface area contributed by atoms with Gasteiger partial charge in [0.2, 0.25) is 5.91 Å². The zero-order valence-corrected chi connectivity index (χ0v) is 14.9. The minimum Gasteiger partial charge on any atom is -0.352 e. The molecule has 0 heterocycles. The molecular weight excluding hydrogens is 338 g/mol. The van der Waals surface area contributed by atoms with Gasteiger partial charge in [-0.15, -0.1) is 0 Å². The van der Waals surface area contributed by atoms with Gasteiger partial charge in [0, 0.05) is 25.6 Å². The number of aryl methyl sites for hydroxylation is 2. The van der Waals surface area contributed by atoms with Crippen LogP contribution in [0.25, 0.3) is 0 Å². The van der Waals surface area contributed by atoms with Crippen molar-refractivity contribution in [2.45, 2.75) is 33.2 Å². The molecule has 2 rings (SSSR count). The van der Waals surface area contributed by atoms with Crippen LogP contribution in [0.15, 0.2) is 36.4 Å². The van der Waals surface area contributed by atoms with E-state index in [9.17, 15) is 18.4 Å². The van der Waals surface area contributed by atoms with Gasteiger partial charge in [-0.25, -0.2) is 8.78 Å². The second kappa shape index (κ2) is 9.08. The van der Waals surface area contributed by atoms with Gasteiger partial charge in [-0.3, -0.25) is 9.59 Å². The molecule has 4 nitrogen and oxygen atoms in total. The number of benzene rings is 2. The number of rotatable bonds is 7. The molecule has 0 fully saturated rings. The Morgan fingerprint density at radius 1 is 1.00 bits per heavy atom. The van der Waals surface area contributed by atoms with Crippen LogP contribution in [0.4, 0.5) is 8.78 Å². The number of nitrogens with one attached hydrogen (secondary N) is 2. The van der Waals surface area contributed by atoms with Gasteiger partial charge in [-0.1, -0.05) is 23.8 Å². The third-order valence-corrected chi connectivity index (χ3v) is 4.02. The van der Waals surface area contributed by atoms with Gasteiger partial charge in [0.25, 0.3) is 5.91 Å². The van der Waals surface area contributed by atoms with E-state index >= 15 is 0 Å². The van der Waals surface area contributed by atoms with Gasteiger partial charge >= 0.3 is 0 Å². The van der Waals surface area contributed by atoms with Crippen LogP contribution in [0.5, 0.6) is 0 Å². The van der Waals surface area contributed by atoms with E-state index in [2.05, 4.69) is 16.7 Å². The highest BCUT2D eigenvalue weighted by Gasteiger charge is 2.12. The molecule has 0 radical (unpaired) electrons. The quantitative estimate of drug-likeness (QED) is 0.744. The minimum absolute atomic E-state index is 0.118. The van der Waals surface area contributed by atoms with E-state index in [1.165, 1.54) is 5.56 Å². The number of carbonyl (C=O) groups is 2. The molecule has 0 bridgehead atoms. The molecule has 0 aliphatic heterocycles. The molecule has 0 atom stereocenters. The second-order valence-electron chi connectivity index (χ2n) is 6.19. The molecule has 26 heavy (non-hydrogen) atoms. The molecule has 0 aliphatic carbocycles. The van der Waals surface area contributed by atoms with Crippen LogP contribution in [0, 0.1) is 25.5 Å². The van der Waals surface area contributed by atoms with E-state index in [1.54, 1.807) is 0 Å². The highest BCUT2D eigenvalue weighted by atomic mass is 19.1. The minimum atomic E-state index is -0.909. The van der Waals surface area contributed by atoms with Crippen molar-refractivity contribution in [3.8, 4) is 0 Å². The summed E-state index contributed by atoms with van der Waals surface area (Å²) in [6.45, 7) is 4.70. The number of amides is 2. The Labute approximate surface area is 151 Å². The van der Waals surface area contributed by atoms with Crippen LogP contribution in [-0.4, -0.2) is 18.4 Å². The Balaban J connectivity index is 1.70. The van der Waals surface area contributed by atoms with E-state index in [1.807, 2.05) is 26.0 Å². The zero-order valence-electron chi connectivity index (χ0n) is 14.9. The van der Waals surface area contributed by atoms with Crippen molar-refractivity contribution in [1.82, 2.24) is 10.6 Å². The molecule has 0 spiro atoms. The molecule has 0 saturated carbocycles. The fourth-order valence-corrected chi connectivity index (χ4v) is 2.55. The normalized spacial score (nSPS) is 10.5. The van der Waals surface area contributed by atoms with Crippen molar-refractivity contribution >= 4 is 11.8 Å². The summed E-state index contributed by atoms with van der Waals surface area (Å²) in [5, 5.41) is 5.36. The molecule has 6 heteroatoms. The number of hydrogen-bond donors (Lipinski definition) is 2. The Morgan fingerprint density at radius 3 is 2.46 bits per heavy atom. The van der Waals surface area contributed by atoms with Crippen molar-refractivity contribution < 1.29 is 18.4 Å². The maximum atomic E-state index is 13.5. The average molecular weight is 360 g/mol. The average Bonchev–Trinajstić information content (AvgIpc) is 2.57. The van der Waals surface area contributed by atoms with Gasteiger partial charge in [0.15, 0.2) is 0 Å². The van der Waals surface area contributed by atoms with E-state index in [0.717, 1.165) is 23.3 Å². The van der Waals surface area contributed by atoms with Crippen LogP contribution in [-0.2, 0) is 11.3 Å². The summed E-state index contributed by atoms with van der Waals surface area (Å²) in [6.07, 6.45) is 0.671. The molecule has 0 saturated heterocycles. The smallest absolute Gasteiger partial charge is 0.254 e. The number of carbonyl (C=O) groups excluding carboxylic acids is 2. The van der Waals surface area contributed by atoms with Crippen molar-refractivity contribution in [2.75, 3.05) is 6.54 Å². The third-order valence-electron chi connectivity index (χ3n) is 4.02. The lowest BCUT2D eigenvalue weighted by Gasteiger charge is -2.09. The molecule has 2 N–H and O–H groups in total. The second-order valence-corrected chi connectivity index (χ2v) is 6.19. The van der Waals surface area contributed by atoms with E-state index in [4.69, 9.17) is 0 Å². The molecule has 2 amide bonds. The molecule has 2 aromatic rings. The van der Waals surface area contributed by atoms with Gasteiger partial charge < -0.3 is 10.6 Å². The molecular formula is C20H22F2N2O2. The Hall–Kier alpha value is -2.76. The van der Waals surface area contributed by atoms with Gasteiger partial charge in [0.1, 0.15) is 11.6 Å². The van der Waals surface area contributed by atoms with Crippen molar-refractivity contribution in [3.05, 3.63) is 70.3 Å². The first-order chi connectivity index (χ1) is 12.4. The zero-order chi connectivity index (χ0) is 19.1. The first kappa shape index (κ1) is 19.6.